The molecule has 86 valence electrons. The van der Waals surface area contributed by atoms with Crippen LogP contribution in [0.5, 0.6) is 0 Å². The molecule has 0 atom stereocenters. The van der Waals surface area contributed by atoms with Gasteiger partial charge in [0.15, 0.2) is 0 Å². The molecular formula is C12H10ClN3O. The van der Waals surface area contributed by atoms with Gasteiger partial charge < -0.3 is 5.32 Å². The van der Waals surface area contributed by atoms with E-state index in [9.17, 15) is 4.79 Å². The van der Waals surface area contributed by atoms with Gasteiger partial charge in [-0.15, -0.1) is 0 Å². The van der Waals surface area contributed by atoms with Crippen LogP contribution in [0, 0.1) is 0 Å². The number of anilines is 1. The normalized spacial score (nSPS) is 9.94. The first-order valence-corrected chi connectivity index (χ1v) is 5.42. The van der Waals surface area contributed by atoms with Crippen LogP contribution in [0.4, 0.5) is 5.69 Å². The first-order chi connectivity index (χ1) is 8.25. The molecule has 2 rings (SSSR count). The van der Waals surface area contributed by atoms with Crippen molar-refractivity contribution in [2.75, 3.05) is 5.32 Å². The standard InChI is InChI=1S/C12H10ClN3O/c13-10-3-5-15-8-11(10)16-12(17)6-9-2-1-4-14-7-9/h1-5,7-8H,6H2,(H,16,17). The second kappa shape index (κ2) is 5.41. The number of pyridine rings is 2. The number of aromatic nitrogens is 2. The fourth-order valence-electron chi connectivity index (χ4n) is 1.35. The van der Waals surface area contributed by atoms with Gasteiger partial charge in [-0.25, -0.2) is 0 Å². The molecule has 0 fully saturated rings. The van der Waals surface area contributed by atoms with E-state index in [2.05, 4.69) is 15.3 Å². The van der Waals surface area contributed by atoms with E-state index in [0.717, 1.165) is 5.56 Å². The van der Waals surface area contributed by atoms with Crippen LogP contribution in [-0.4, -0.2) is 15.9 Å². The lowest BCUT2D eigenvalue weighted by Crippen LogP contribution is -2.14. The van der Waals surface area contributed by atoms with Gasteiger partial charge in [0.05, 0.1) is 23.3 Å². The van der Waals surface area contributed by atoms with Gasteiger partial charge in [0.25, 0.3) is 0 Å². The molecule has 2 aromatic heterocycles. The van der Waals surface area contributed by atoms with Crippen molar-refractivity contribution in [3.63, 3.8) is 0 Å². The minimum atomic E-state index is -0.145. The van der Waals surface area contributed by atoms with E-state index >= 15 is 0 Å². The van der Waals surface area contributed by atoms with E-state index in [0.29, 0.717) is 10.7 Å². The molecule has 1 N–H and O–H groups in total. The summed E-state index contributed by atoms with van der Waals surface area (Å²) in [4.78, 5) is 19.5. The van der Waals surface area contributed by atoms with Crippen molar-refractivity contribution < 1.29 is 4.79 Å². The van der Waals surface area contributed by atoms with E-state index in [1.807, 2.05) is 6.07 Å². The zero-order valence-corrected chi connectivity index (χ0v) is 9.69. The maximum atomic E-state index is 11.7. The van der Waals surface area contributed by atoms with Crippen LogP contribution < -0.4 is 5.32 Å². The van der Waals surface area contributed by atoms with E-state index in [1.165, 1.54) is 6.20 Å². The molecule has 5 heteroatoms. The molecule has 2 aromatic rings. The third kappa shape index (κ3) is 3.26. The molecule has 2 heterocycles. The van der Waals surface area contributed by atoms with Gasteiger partial charge in [-0.3, -0.25) is 14.8 Å². The maximum absolute atomic E-state index is 11.7. The predicted octanol–water partition coefficient (Wildman–Crippen LogP) is 2.31. The summed E-state index contributed by atoms with van der Waals surface area (Å²) in [6, 6.07) is 5.26. The van der Waals surface area contributed by atoms with Crippen LogP contribution in [-0.2, 0) is 11.2 Å². The summed E-state index contributed by atoms with van der Waals surface area (Å²) in [6.45, 7) is 0. The minimum absolute atomic E-state index is 0.145. The largest absolute Gasteiger partial charge is 0.323 e. The Morgan fingerprint density at radius 2 is 2.06 bits per heavy atom. The van der Waals surface area contributed by atoms with E-state index in [-0.39, 0.29) is 12.3 Å². The monoisotopic (exact) mass is 247 g/mol. The topological polar surface area (TPSA) is 54.9 Å². The quantitative estimate of drug-likeness (QED) is 0.906. The van der Waals surface area contributed by atoms with Crippen molar-refractivity contribution >= 4 is 23.2 Å². The fourth-order valence-corrected chi connectivity index (χ4v) is 1.50. The van der Waals surface area contributed by atoms with E-state index in [1.54, 1.807) is 30.7 Å². The number of halogens is 1. The molecule has 0 saturated carbocycles. The summed E-state index contributed by atoms with van der Waals surface area (Å²) in [6.07, 6.45) is 6.67. The van der Waals surface area contributed by atoms with E-state index < -0.39 is 0 Å². The molecule has 0 spiro atoms. The Labute approximate surface area is 104 Å². The predicted molar refractivity (Wildman–Crippen MR) is 65.8 cm³/mol. The van der Waals surface area contributed by atoms with Crippen molar-refractivity contribution in [1.82, 2.24) is 9.97 Å². The molecule has 0 aliphatic carbocycles. The highest BCUT2D eigenvalue weighted by atomic mass is 35.5. The number of nitrogens with one attached hydrogen (secondary N) is 1. The second-order valence-corrected chi connectivity index (χ2v) is 3.85. The van der Waals surface area contributed by atoms with Crippen LogP contribution >= 0.6 is 11.6 Å². The Morgan fingerprint density at radius 1 is 1.24 bits per heavy atom. The first-order valence-electron chi connectivity index (χ1n) is 5.04. The lowest BCUT2D eigenvalue weighted by Gasteiger charge is -2.05. The molecule has 0 aromatic carbocycles. The summed E-state index contributed by atoms with van der Waals surface area (Å²) in [7, 11) is 0. The molecule has 4 nitrogen and oxygen atoms in total. The smallest absolute Gasteiger partial charge is 0.228 e. The molecular weight excluding hydrogens is 238 g/mol. The van der Waals surface area contributed by atoms with Crippen molar-refractivity contribution in [1.29, 1.82) is 0 Å². The van der Waals surface area contributed by atoms with Crippen molar-refractivity contribution in [3.8, 4) is 0 Å². The van der Waals surface area contributed by atoms with Crippen LogP contribution in [0.2, 0.25) is 5.02 Å². The fraction of sp³-hybridized carbons (Fsp3) is 0.0833. The lowest BCUT2D eigenvalue weighted by molar-refractivity contribution is -0.115. The highest BCUT2D eigenvalue weighted by Crippen LogP contribution is 2.19. The Bertz CT molecular complexity index is 516. The molecule has 0 bridgehead atoms. The molecule has 0 aliphatic rings. The van der Waals surface area contributed by atoms with Crippen LogP contribution in [0.15, 0.2) is 43.0 Å². The molecule has 1 amide bonds. The zero-order valence-electron chi connectivity index (χ0n) is 8.93. The summed E-state index contributed by atoms with van der Waals surface area (Å²) in [5, 5.41) is 3.17. The number of amides is 1. The van der Waals surface area contributed by atoms with Gasteiger partial charge in [0, 0.05) is 18.6 Å². The molecule has 0 aliphatic heterocycles. The van der Waals surface area contributed by atoms with Gasteiger partial charge >= 0.3 is 0 Å². The van der Waals surface area contributed by atoms with Gasteiger partial charge in [-0.2, -0.15) is 0 Å². The Balaban J connectivity index is 2.01. The minimum Gasteiger partial charge on any atom is -0.323 e. The van der Waals surface area contributed by atoms with Gasteiger partial charge in [-0.1, -0.05) is 17.7 Å². The Hall–Kier alpha value is -1.94. The summed E-state index contributed by atoms with van der Waals surface area (Å²) in [5.74, 6) is -0.145. The summed E-state index contributed by atoms with van der Waals surface area (Å²) < 4.78 is 0. The summed E-state index contributed by atoms with van der Waals surface area (Å²) >= 11 is 5.90. The van der Waals surface area contributed by atoms with Crippen molar-refractivity contribution in [3.05, 3.63) is 53.6 Å². The number of rotatable bonds is 3. The van der Waals surface area contributed by atoms with Crippen LogP contribution in [0.3, 0.4) is 0 Å². The number of hydrogen-bond donors (Lipinski definition) is 1. The number of carbonyl (C=O) groups is 1. The first kappa shape index (κ1) is 11.5. The van der Waals surface area contributed by atoms with Crippen molar-refractivity contribution in [2.24, 2.45) is 0 Å². The van der Waals surface area contributed by atoms with Gasteiger partial charge in [0.2, 0.25) is 5.91 Å². The molecule has 0 radical (unpaired) electrons. The maximum Gasteiger partial charge on any atom is 0.228 e. The Morgan fingerprint density at radius 3 is 2.76 bits per heavy atom. The van der Waals surface area contributed by atoms with E-state index in [4.69, 9.17) is 11.6 Å². The van der Waals surface area contributed by atoms with Crippen molar-refractivity contribution in [2.45, 2.75) is 6.42 Å². The second-order valence-electron chi connectivity index (χ2n) is 3.44. The molecule has 0 unspecified atom stereocenters. The number of nitrogens with zero attached hydrogens (tertiary/aromatic N) is 2. The highest BCUT2D eigenvalue weighted by Gasteiger charge is 2.06. The zero-order chi connectivity index (χ0) is 12.1. The Kier molecular flexibility index (Phi) is 3.67. The third-order valence-corrected chi connectivity index (χ3v) is 2.46. The number of carbonyl (C=O) groups excluding carboxylic acids is 1. The average molecular weight is 248 g/mol. The molecule has 17 heavy (non-hydrogen) atoms. The van der Waals surface area contributed by atoms with Crippen LogP contribution in [0.1, 0.15) is 5.56 Å². The number of hydrogen-bond acceptors (Lipinski definition) is 3. The summed E-state index contributed by atoms with van der Waals surface area (Å²) in [5.41, 5.74) is 1.37. The molecule has 0 saturated heterocycles. The van der Waals surface area contributed by atoms with Crippen LogP contribution in [0.25, 0.3) is 0 Å². The highest BCUT2D eigenvalue weighted by molar-refractivity contribution is 6.33. The SMILES string of the molecule is O=C(Cc1cccnc1)Nc1cnccc1Cl. The van der Waals surface area contributed by atoms with Gasteiger partial charge in [-0.05, 0) is 17.7 Å². The third-order valence-electron chi connectivity index (χ3n) is 2.13. The lowest BCUT2D eigenvalue weighted by atomic mass is 10.2. The van der Waals surface area contributed by atoms with Gasteiger partial charge in [0.1, 0.15) is 0 Å². The average Bonchev–Trinajstić information content (AvgIpc) is 2.33.